The van der Waals surface area contributed by atoms with E-state index in [0.717, 1.165) is 12.1 Å². The molecule has 21 heavy (non-hydrogen) atoms. The number of benzene rings is 1. The molecular formula is C13H14N2O6. The summed E-state index contributed by atoms with van der Waals surface area (Å²) in [5.74, 6) is -1.34. The second-order valence-corrected chi connectivity index (χ2v) is 4.47. The quantitative estimate of drug-likeness (QED) is 0.271. The van der Waals surface area contributed by atoms with E-state index in [1.807, 2.05) is 0 Å². The van der Waals surface area contributed by atoms with Gasteiger partial charge in [-0.3, -0.25) is 20.2 Å². The molecule has 0 bridgehead atoms. The Kier molecular flexibility index (Phi) is 5.12. The minimum absolute atomic E-state index is 0.230. The van der Waals surface area contributed by atoms with E-state index >= 15 is 0 Å². The maximum Gasteiger partial charge on any atom is 0.336 e. The van der Waals surface area contributed by atoms with Crippen LogP contribution in [0.3, 0.4) is 0 Å². The molecule has 1 rings (SSSR count). The highest BCUT2D eigenvalue weighted by molar-refractivity contribution is 5.85. The van der Waals surface area contributed by atoms with Gasteiger partial charge in [-0.1, -0.05) is 19.9 Å². The van der Waals surface area contributed by atoms with Gasteiger partial charge in [-0.2, -0.15) is 0 Å². The topological polar surface area (TPSA) is 113 Å². The molecule has 8 heteroatoms. The molecule has 0 N–H and O–H groups in total. The fraction of sp³-hybridized carbons (Fsp3) is 0.308. The van der Waals surface area contributed by atoms with Crippen LogP contribution >= 0.6 is 0 Å². The van der Waals surface area contributed by atoms with Gasteiger partial charge >= 0.3 is 11.7 Å². The van der Waals surface area contributed by atoms with Gasteiger partial charge in [-0.25, -0.2) is 4.79 Å². The second kappa shape index (κ2) is 6.60. The Morgan fingerprint density at radius 3 is 2.29 bits per heavy atom. The van der Waals surface area contributed by atoms with Crippen LogP contribution in [0.15, 0.2) is 24.3 Å². The van der Waals surface area contributed by atoms with E-state index in [4.69, 9.17) is 4.74 Å². The number of nitrogens with zero attached hydrogens (tertiary/aromatic N) is 2. The molecule has 0 saturated carbocycles. The lowest BCUT2D eigenvalue weighted by Gasteiger charge is -2.12. The lowest BCUT2D eigenvalue weighted by atomic mass is 10.0. The summed E-state index contributed by atoms with van der Waals surface area (Å²) in [5.41, 5.74) is -0.796. The molecular weight excluding hydrogens is 280 g/mol. The van der Waals surface area contributed by atoms with Crippen LogP contribution in [0.5, 0.6) is 5.75 Å². The van der Waals surface area contributed by atoms with Gasteiger partial charge in [-0.05, 0) is 12.8 Å². The summed E-state index contributed by atoms with van der Waals surface area (Å²) < 4.78 is 4.98. The summed E-state index contributed by atoms with van der Waals surface area (Å²) >= 11 is 0. The number of nitro benzene ring substituents is 2. The van der Waals surface area contributed by atoms with E-state index in [1.165, 1.54) is 12.1 Å². The first kappa shape index (κ1) is 16.3. The van der Waals surface area contributed by atoms with Crippen molar-refractivity contribution in [2.75, 3.05) is 0 Å². The van der Waals surface area contributed by atoms with Crippen LogP contribution in [0.4, 0.5) is 11.4 Å². The molecule has 0 aliphatic carbocycles. The van der Waals surface area contributed by atoms with E-state index in [9.17, 15) is 25.0 Å². The van der Waals surface area contributed by atoms with Crippen molar-refractivity contribution >= 4 is 17.3 Å². The Hall–Kier alpha value is -2.77. The Labute approximate surface area is 120 Å². The van der Waals surface area contributed by atoms with Crippen molar-refractivity contribution in [3.05, 3.63) is 50.1 Å². The fourth-order valence-electron chi connectivity index (χ4n) is 1.67. The number of hydrogen-bond acceptors (Lipinski definition) is 6. The number of carbonyl (C=O) groups is 1. The predicted molar refractivity (Wildman–Crippen MR) is 74.3 cm³/mol. The van der Waals surface area contributed by atoms with Crippen molar-refractivity contribution in [3.8, 4) is 5.75 Å². The van der Waals surface area contributed by atoms with Gasteiger partial charge in [0, 0.05) is 17.7 Å². The minimum atomic E-state index is -0.808. The first-order valence-corrected chi connectivity index (χ1v) is 6.09. The summed E-state index contributed by atoms with van der Waals surface area (Å²) in [6.07, 6.45) is 2.53. The van der Waals surface area contributed by atoms with Crippen LogP contribution < -0.4 is 4.74 Å². The summed E-state index contributed by atoms with van der Waals surface area (Å²) in [7, 11) is 0. The Morgan fingerprint density at radius 2 is 1.86 bits per heavy atom. The molecule has 112 valence electrons. The van der Waals surface area contributed by atoms with Gasteiger partial charge in [0.15, 0.2) is 0 Å². The number of nitro groups is 2. The van der Waals surface area contributed by atoms with Crippen LogP contribution in [0.2, 0.25) is 0 Å². The Morgan fingerprint density at radius 1 is 1.24 bits per heavy atom. The molecule has 8 nitrogen and oxygen atoms in total. The van der Waals surface area contributed by atoms with Crippen molar-refractivity contribution in [3.63, 3.8) is 0 Å². The number of rotatable bonds is 5. The molecule has 0 heterocycles. The van der Waals surface area contributed by atoms with E-state index in [1.54, 1.807) is 20.8 Å². The first-order chi connectivity index (χ1) is 9.77. The largest absolute Gasteiger partial charge is 0.416 e. The van der Waals surface area contributed by atoms with Crippen LogP contribution in [-0.4, -0.2) is 15.8 Å². The molecule has 0 fully saturated rings. The summed E-state index contributed by atoms with van der Waals surface area (Å²) in [6, 6.07) is 1.96. The third kappa shape index (κ3) is 3.85. The van der Waals surface area contributed by atoms with E-state index < -0.39 is 27.2 Å². The molecule has 0 radical (unpaired) electrons. The molecule has 0 aliphatic rings. The van der Waals surface area contributed by atoms with Crippen LogP contribution in [0, 0.1) is 20.2 Å². The standard InChI is InChI=1S/C13H14N2O6/c1-4-5-12(16)21-13-10(8(2)3)6-9(14(17)18)7-11(13)15(19)20/h4-8H,1-3H3/b5-4-. The zero-order valence-corrected chi connectivity index (χ0v) is 11.7. The number of ether oxygens (including phenoxy) is 1. The average Bonchev–Trinajstić information content (AvgIpc) is 2.37. The van der Waals surface area contributed by atoms with Gasteiger partial charge in [0.25, 0.3) is 5.69 Å². The highest BCUT2D eigenvalue weighted by atomic mass is 16.6. The maximum absolute atomic E-state index is 11.5. The van der Waals surface area contributed by atoms with Crippen molar-refractivity contribution in [2.45, 2.75) is 26.7 Å². The highest BCUT2D eigenvalue weighted by Crippen LogP contribution is 2.39. The molecule has 0 unspecified atom stereocenters. The van der Waals surface area contributed by atoms with Crippen LogP contribution in [0.25, 0.3) is 0 Å². The van der Waals surface area contributed by atoms with Gasteiger partial charge in [0.1, 0.15) is 0 Å². The smallest absolute Gasteiger partial charge is 0.336 e. The summed E-state index contributed by atoms with van der Waals surface area (Å²) in [6.45, 7) is 4.97. The summed E-state index contributed by atoms with van der Waals surface area (Å²) in [5, 5.41) is 21.9. The fourth-order valence-corrected chi connectivity index (χ4v) is 1.67. The zero-order valence-electron chi connectivity index (χ0n) is 11.7. The number of allylic oxidation sites excluding steroid dienone is 1. The normalized spacial score (nSPS) is 10.9. The lowest BCUT2D eigenvalue weighted by molar-refractivity contribution is -0.394. The molecule has 1 aromatic rings. The average molecular weight is 294 g/mol. The lowest BCUT2D eigenvalue weighted by Crippen LogP contribution is -2.09. The number of hydrogen-bond donors (Lipinski definition) is 0. The number of esters is 1. The van der Waals surface area contributed by atoms with Gasteiger partial charge in [0.05, 0.1) is 15.9 Å². The van der Waals surface area contributed by atoms with E-state index in [2.05, 4.69) is 0 Å². The van der Waals surface area contributed by atoms with Gasteiger partial charge in [0.2, 0.25) is 5.75 Å². The van der Waals surface area contributed by atoms with Crippen LogP contribution in [0.1, 0.15) is 32.3 Å². The monoisotopic (exact) mass is 294 g/mol. The Balaban J connectivity index is 3.53. The predicted octanol–water partition coefficient (Wildman–Crippen LogP) is 3.11. The Bertz CT molecular complexity index is 621. The van der Waals surface area contributed by atoms with E-state index in [-0.39, 0.29) is 17.2 Å². The van der Waals surface area contributed by atoms with Gasteiger partial charge in [-0.15, -0.1) is 0 Å². The maximum atomic E-state index is 11.5. The first-order valence-electron chi connectivity index (χ1n) is 6.09. The SMILES string of the molecule is C/C=C\C(=O)Oc1c(C(C)C)cc([N+](=O)[O-])cc1[N+](=O)[O-]. The van der Waals surface area contributed by atoms with Crippen molar-refractivity contribution in [1.29, 1.82) is 0 Å². The zero-order chi connectivity index (χ0) is 16.2. The van der Waals surface area contributed by atoms with Gasteiger partial charge < -0.3 is 4.74 Å². The van der Waals surface area contributed by atoms with Crippen molar-refractivity contribution in [2.24, 2.45) is 0 Å². The second-order valence-electron chi connectivity index (χ2n) is 4.47. The molecule has 0 aliphatic heterocycles. The third-order valence-corrected chi connectivity index (χ3v) is 2.62. The number of carbonyl (C=O) groups excluding carboxylic acids is 1. The third-order valence-electron chi connectivity index (χ3n) is 2.62. The molecule has 0 amide bonds. The molecule has 0 atom stereocenters. The van der Waals surface area contributed by atoms with Crippen LogP contribution in [-0.2, 0) is 4.79 Å². The number of non-ortho nitro benzene ring substituents is 1. The molecule has 0 spiro atoms. The molecule has 0 aromatic heterocycles. The summed E-state index contributed by atoms with van der Waals surface area (Å²) in [4.78, 5) is 31.9. The minimum Gasteiger partial charge on any atom is -0.416 e. The van der Waals surface area contributed by atoms with E-state index in [0.29, 0.717) is 0 Å². The highest BCUT2D eigenvalue weighted by Gasteiger charge is 2.28. The molecule has 0 saturated heterocycles. The van der Waals surface area contributed by atoms with Crippen molar-refractivity contribution < 1.29 is 19.4 Å². The van der Waals surface area contributed by atoms with Crippen molar-refractivity contribution in [1.82, 2.24) is 0 Å². The molecule has 1 aromatic carbocycles.